The molecule has 0 aromatic carbocycles. The van der Waals surface area contributed by atoms with Crippen LogP contribution < -0.4 is 0 Å². The number of carbonyl (C=O) groups is 1. The van der Waals surface area contributed by atoms with Crippen LogP contribution in [0, 0.1) is 5.41 Å². The van der Waals surface area contributed by atoms with Crippen LogP contribution in [0.2, 0.25) is 0 Å². The zero-order valence-electron chi connectivity index (χ0n) is 13.4. The van der Waals surface area contributed by atoms with Crippen molar-refractivity contribution < 1.29 is 14.3 Å². The van der Waals surface area contributed by atoms with E-state index in [1.807, 2.05) is 27.7 Å². The minimum Gasteiger partial charge on any atom is -0.444 e. The Labute approximate surface area is 117 Å². The van der Waals surface area contributed by atoms with Crippen molar-refractivity contribution in [1.82, 2.24) is 4.90 Å². The molecule has 1 amide bonds. The molecule has 0 spiro atoms. The largest absolute Gasteiger partial charge is 0.444 e. The number of ether oxygens (including phenoxy) is 2. The highest BCUT2D eigenvalue weighted by Crippen LogP contribution is 2.37. The van der Waals surface area contributed by atoms with Gasteiger partial charge in [-0.1, -0.05) is 20.8 Å². The van der Waals surface area contributed by atoms with Gasteiger partial charge in [0.25, 0.3) is 0 Å². The number of carbonyl (C=O) groups excluding carboxylic acids is 1. The van der Waals surface area contributed by atoms with E-state index in [4.69, 9.17) is 9.47 Å². The first-order valence-corrected chi connectivity index (χ1v) is 7.19. The van der Waals surface area contributed by atoms with E-state index in [-0.39, 0.29) is 23.8 Å². The van der Waals surface area contributed by atoms with Crippen LogP contribution in [0.25, 0.3) is 0 Å². The first-order chi connectivity index (χ1) is 8.56. The van der Waals surface area contributed by atoms with Gasteiger partial charge in [-0.3, -0.25) is 4.90 Å². The maximum Gasteiger partial charge on any atom is 0.412 e. The molecule has 0 saturated carbocycles. The van der Waals surface area contributed by atoms with Crippen molar-refractivity contribution >= 4 is 6.09 Å². The molecule has 1 unspecified atom stereocenters. The first-order valence-electron chi connectivity index (χ1n) is 7.19. The fourth-order valence-corrected chi connectivity index (χ4v) is 2.55. The van der Waals surface area contributed by atoms with Gasteiger partial charge in [-0.15, -0.1) is 0 Å². The summed E-state index contributed by atoms with van der Waals surface area (Å²) in [4.78, 5) is 14.2. The van der Waals surface area contributed by atoms with Crippen molar-refractivity contribution in [2.75, 3.05) is 6.61 Å². The van der Waals surface area contributed by atoms with Crippen LogP contribution in [-0.4, -0.2) is 35.5 Å². The lowest BCUT2D eigenvalue weighted by Gasteiger charge is -2.38. The van der Waals surface area contributed by atoms with Crippen molar-refractivity contribution in [3.05, 3.63) is 0 Å². The summed E-state index contributed by atoms with van der Waals surface area (Å²) in [5.41, 5.74) is -0.443. The third-order valence-corrected chi connectivity index (χ3v) is 3.30. The number of rotatable bonds is 2. The van der Waals surface area contributed by atoms with Gasteiger partial charge in [0.15, 0.2) is 0 Å². The third kappa shape index (κ3) is 4.37. The Morgan fingerprint density at radius 3 is 2.16 bits per heavy atom. The summed E-state index contributed by atoms with van der Waals surface area (Å²) in [6.45, 7) is 14.7. The molecule has 0 radical (unpaired) electrons. The average molecular weight is 271 g/mol. The lowest BCUT2D eigenvalue weighted by Crippen LogP contribution is -2.49. The van der Waals surface area contributed by atoms with Gasteiger partial charge in [0.1, 0.15) is 11.8 Å². The molecule has 1 aliphatic rings. The maximum atomic E-state index is 12.4. The number of hydrogen-bond acceptors (Lipinski definition) is 3. The molecule has 19 heavy (non-hydrogen) atoms. The molecule has 1 saturated heterocycles. The van der Waals surface area contributed by atoms with Crippen molar-refractivity contribution in [3.63, 3.8) is 0 Å². The lowest BCUT2D eigenvalue weighted by molar-refractivity contribution is -0.0666. The van der Waals surface area contributed by atoms with Gasteiger partial charge in [-0.2, -0.15) is 0 Å². The smallest absolute Gasteiger partial charge is 0.412 e. The molecule has 0 aliphatic carbocycles. The SMILES string of the molecule is CCOC1CC[C@H](C(C)(C)C)N1C(=O)OC(C)(C)C. The van der Waals surface area contributed by atoms with E-state index in [9.17, 15) is 4.79 Å². The van der Waals surface area contributed by atoms with Crippen LogP contribution in [0.3, 0.4) is 0 Å². The fourth-order valence-electron chi connectivity index (χ4n) is 2.55. The second-order valence-corrected chi connectivity index (χ2v) is 7.26. The molecule has 1 rings (SSSR count). The molecule has 4 heteroatoms. The zero-order valence-corrected chi connectivity index (χ0v) is 13.4. The molecule has 112 valence electrons. The molecular formula is C15H29NO3. The van der Waals surface area contributed by atoms with Crippen molar-refractivity contribution in [2.45, 2.75) is 79.2 Å². The van der Waals surface area contributed by atoms with Crippen molar-refractivity contribution in [1.29, 1.82) is 0 Å². The minimum absolute atomic E-state index is 0.0305. The topological polar surface area (TPSA) is 38.8 Å². The molecule has 0 N–H and O–H groups in total. The predicted molar refractivity (Wildman–Crippen MR) is 76.0 cm³/mol. The Balaban J connectivity index is 2.89. The van der Waals surface area contributed by atoms with Crippen LogP contribution >= 0.6 is 0 Å². The summed E-state index contributed by atoms with van der Waals surface area (Å²) in [5, 5.41) is 0. The van der Waals surface area contributed by atoms with Gasteiger partial charge in [0.05, 0.1) is 0 Å². The molecule has 0 aromatic heterocycles. The fraction of sp³-hybridized carbons (Fsp3) is 0.933. The van der Waals surface area contributed by atoms with E-state index in [2.05, 4.69) is 20.8 Å². The molecule has 1 aliphatic heterocycles. The van der Waals surface area contributed by atoms with E-state index >= 15 is 0 Å². The molecule has 0 bridgehead atoms. The maximum absolute atomic E-state index is 12.4. The van der Waals surface area contributed by atoms with E-state index in [0.717, 1.165) is 12.8 Å². The van der Waals surface area contributed by atoms with Crippen LogP contribution in [0.4, 0.5) is 4.79 Å². The van der Waals surface area contributed by atoms with Crippen LogP contribution in [0.1, 0.15) is 61.3 Å². The minimum atomic E-state index is -0.473. The van der Waals surface area contributed by atoms with Crippen molar-refractivity contribution in [2.24, 2.45) is 5.41 Å². The van der Waals surface area contributed by atoms with Gasteiger partial charge in [0, 0.05) is 12.6 Å². The van der Waals surface area contributed by atoms with Gasteiger partial charge >= 0.3 is 6.09 Å². The normalized spacial score (nSPS) is 24.7. The van der Waals surface area contributed by atoms with Gasteiger partial charge in [0.2, 0.25) is 0 Å². The van der Waals surface area contributed by atoms with Gasteiger partial charge < -0.3 is 9.47 Å². The van der Waals surface area contributed by atoms with E-state index in [1.54, 1.807) is 4.90 Å². The monoisotopic (exact) mass is 271 g/mol. The number of amides is 1. The standard InChI is InChI=1S/C15H29NO3/c1-8-18-12-10-9-11(14(2,3)4)16(12)13(17)19-15(5,6)7/h11-12H,8-10H2,1-7H3/t11-,12?/m1/s1. The molecule has 1 heterocycles. The summed E-state index contributed by atoms with van der Waals surface area (Å²) >= 11 is 0. The second kappa shape index (κ2) is 5.70. The summed E-state index contributed by atoms with van der Waals surface area (Å²) < 4.78 is 11.2. The third-order valence-electron chi connectivity index (χ3n) is 3.30. The van der Waals surface area contributed by atoms with Gasteiger partial charge in [-0.25, -0.2) is 4.79 Å². The van der Waals surface area contributed by atoms with E-state index < -0.39 is 5.60 Å². The average Bonchev–Trinajstić information content (AvgIpc) is 2.58. The second-order valence-electron chi connectivity index (χ2n) is 7.26. The molecular weight excluding hydrogens is 242 g/mol. The molecule has 4 nitrogen and oxygen atoms in total. The summed E-state index contributed by atoms with van der Waals surface area (Å²) in [6, 6.07) is 0.166. The van der Waals surface area contributed by atoms with E-state index in [0.29, 0.717) is 6.61 Å². The zero-order chi connectivity index (χ0) is 14.8. The van der Waals surface area contributed by atoms with Crippen LogP contribution in [-0.2, 0) is 9.47 Å². The molecule has 2 atom stereocenters. The first kappa shape index (κ1) is 16.3. The van der Waals surface area contributed by atoms with Crippen molar-refractivity contribution in [3.8, 4) is 0 Å². The summed E-state index contributed by atoms with van der Waals surface area (Å²) in [5.74, 6) is 0. The Morgan fingerprint density at radius 1 is 1.16 bits per heavy atom. The Bertz CT molecular complexity index is 314. The van der Waals surface area contributed by atoms with E-state index in [1.165, 1.54) is 0 Å². The number of hydrogen-bond donors (Lipinski definition) is 0. The Hall–Kier alpha value is -0.770. The Morgan fingerprint density at radius 2 is 1.74 bits per heavy atom. The highest BCUT2D eigenvalue weighted by Gasteiger charge is 2.44. The molecule has 1 fully saturated rings. The van der Waals surface area contributed by atoms with Crippen LogP contribution in [0.5, 0.6) is 0 Å². The Kier molecular flexibility index (Phi) is 4.88. The summed E-state index contributed by atoms with van der Waals surface area (Å²) in [6.07, 6.45) is 1.44. The number of likely N-dealkylation sites (tertiary alicyclic amines) is 1. The lowest BCUT2D eigenvalue weighted by atomic mass is 9.85. The number of nitrogens with zero attached hydrogens (tertiary/aromatic N) is 1. The predicted octanol–water partition coefficient (Wildman–Crippen LogP) is 3.79. The van der Waals surface area contributed by atoms with Gasteiger partial charge in [-0.05, 0) is 46.0 Å². The highest BCUT2D eigenvalue weighted by molar-refractivity contribution is 5.69. The van der Waals surface area contributed by atoms with Crippen LogP contribution in [0.15, 0.2) is 0 Å². The molecule has 0 aromatic rings. The quantitative estimate of drug-likeness (QED) is 0.767. The summed E-state index contributed by atoms with van der Waals surface area (Å²) in [7, 11) is 0. The highest BCUT2D eigenvalue weighted by atomic mass is 16.6.